The van der Waals surface area contributed by atoms with E-state index in [9.17, 15) is 14.0 Å². The Balaban J connectivity index is 1.18. The first-order valence-electron chi connectivity index (χ1n) is 12.9. The van der Waals surface area contributed by atoms with Crippen LogP contribution in [-0.4, -0.2) is 60.3 Å². The quantitative estimate of drug-likeness (QED) is 0.344. The Bertz CT molecular complexity index is 1290. The number of rotatable bonds is 8. The highest BCUT2D eigenvalue weighted by Crippen LogP contribution is 2.30. The number of nitrogens with one attached hydrogen (secondary N) is 1. The molecule has 1 aliphatic heterocycles. The van der Waals surface area contributed by atoms with Gasteiger partial charge in [0.2, 0.25) is 5.91 Å². The van der Waals surface area contributed by atoms with Gasteiger partial charge in [-0.2, -0.15) is 4.98 Å². The number of amides is 1. The molecular formula is C28H31BrFN3O5. The van der Waals surface area contributed by atoms with Gasteiger partial charge in [0.1, 0.15) is 11.7 Å². The molecule has 0 spiro atoms. The lowest BCUT2D eigenvalue weighted by Gasteiger charge is -2.30. The highest BCUT2D eigenvalue weighted by molar-refractivity contribution is 9.10. The maximum atomic E-state index is 14.4. The van der Waals surface area contributed by atoms with Crippen LogP contribution in [0.5, 0.6) is 0 Å². The van der Waals surface area contributed by atoms with E-state index < -0.39 is 6.17 Å². The van der Waals surface area contributed by atoms with E-state index in [-0.39, 0.29) is 49.3 Å². The van der Waals surface area contributed by atoms with Crippen LogP contribution in [0.4, 0.5) is 16.1 Å². The number of benzene rings is 2. The molecule has 1 unspecified atom stereocenters. The number of carbonyl (C=O) groups is 2. The number of ether oxygens (including phenoxy) is 2. The molecule has 5 rings (SSSR count). The second-order valence-corrected chi connectivity index (χ2v) is 10.8. The van der Waals surface area contributed by atoms with Gasteiger partial charge in [-0.15, -0.1) is 0 Å². The monoisotopic (exact) mass is 587 g/mol. The van der Waals surface area contributed by atoms with E-state index in [2.05, 4.69) is 26.2 Å². The number of nitrogens with zero attached hydrogens (tertiary/aromatic N) is 2. The molecule has 1 amide bonds. The Hall–Kier alpha value is -2.98. The lowest BCUT2D eigenvalue weighted by Crippen LogP contribution is -2.40. The van der Waals surface area contributed by atoms with Gasteiger partial charge in [-0.3, -0.25) is 9.59 Å². The lowest BCUT2D eigenvalue weighted by molar-refractivity contribution is -0.148. The van der Waals surface area contributed by atoms with Crippen LogP contribution in [0.25, 0.3) is 11.1 Å². The van der Waals surface area contributed by atoms with Crippen LogP contribution in [0.2, 0.25) is 0 Å². The van der Waals surface area contributed by atoms with Crippen molar-refractivity contribution in [1.82, 2.24) is 9.88 Å². The van der Waals surface area contributed by atoms with Crippen LogP contribution >= 0.6 is 15.9 Å². The number of aromatic nitrogens is 1. The summed E-state index contributed by atoms with van der Waals surface area (Å²) in [6.45, 7) is 0.372. The van der Waals surface area contributed by atoms with E-state index in [0.29, 0.717) is 23.7 Å². The largest absolute Gasteiger partial charge is 0.469 e. The minimum absolute atomic E-state index is 0.0136. The lowest BCUT2D eigenvalue weighted by atomic mass is 9.87. The Kier molecular flexibility index (Phi) is 8.28. The fourth-order valence-corrected chi connectivity index (χ4v) is 5.67. The third-order valence-corrected chi connectivity index (χ3v) is 8.03. The second-order valence-electron chi connectivity index (χ2n) is 9.97. The summed E-state index contributed by atoms with van der Waals surface area (Å²) in [5, 5.41) is 3.15. The number of hydrogen-bond donors (Lipinski definition) is 1. The number of carbonyl (C=O) groups excluding carboxylic acids is 2. The first kappa shape index (κ1) is 26.6. The number of methoxy groups -OCH3 is 1. The third-order valence-electron chi connectivity index (χ3n) is 7.34. The normalized spacial score (nSPS) is 23.5. The van der Waals surface area contributed by atoms with E-state index in [1.807, 2.05) is 36.4 Å². The SMILES string of the molecule is COC(=O)C1CCC(OCC2C[C@H](F)CN2C(=O)Cc2ccc3nc(Nc4ccccc4Br)oc3c2)CC1. The van der Waals surface area contributed by atoms with Crippen molar-refractivity contribution in [3.63, 3.8) is 0 Å². The minimum Gasteiger partial charge on any atom is -0.469 e. The average Bonchev–Trinajstić information content (AvgIpc) is 3.50. The Morgan fingerprint density at radius 3 is 2.74 bits per heavy atom. The molecule has 1 N–H and O–H groups in total. The molecule has 2 heterocycles. The number of esters is 1. The zero-order chi connectivity index (χ0) is 26.6. The molecule has 2 atom stereocenters. The van der Waals surface area contributed by atoms with Crippen molar-refractivity contribution < 1.29 is 27.9 Å². The number of halogens is 2. The van der Waals surface area contributed by atoms with Gasteiger partial charge in [-0.25, -0.2) is 4.39 Å². The molecule has 0 bridgehead atoms. The number of alkyl halides is 1. The third kappa shape index (κ3) is 6.18. The number of hydrogen-bond acceptors (Lipinski definition) is 7. The first-order chi connectivity index (χ1) is 18.4. The number of fused-ring (bicyclic) bond motifs is 1. The van der Waals surface area contributed by atoms with E-state index >= 15 is 0 Å². The Labute approximate surface area is 229 Å². The highest BCUT2D eigenvalue weighted by Gasteiger charge is 2.36. The maximum Gasteiger partial charge on any atom is 0.308 e. The molecule has 8 nitrogen and oxygen atoms in total. The predicted octanol–water partition coefficient (Wildman–Crippen LogP) is 5.56. The van der Waals surface area contributed by atoms with Crippen LogP contribution < -0.4 is 5.32 Å². The van der Waals surface area contributed by atoms with Gasteiger partial charge in [-0.05, 0) is 71.4 Å². The maximum absolute atomic E-state index is 14.4. The molecule has 10 heteroatoms. The highest BCUT2D eigenvalue weighted by atomic mass is 79.9. The van der Waals surface area contributed by atoms with Crippen LogP contribution in [0, 0.1) is 5.92 Å². The van der Waals surface area contributed by atoms with E-state index in [4.69, 9.17) is 13.9 Å². The van der Waals surface area contributed by atoms with Crippen molar-refractivity contribution in [1.29, 1.82) is 0 Å². The summed E-state index contributed by atoms with van der Waals surface area (Å²) in [6.07, 6.45) is 2.32. The van der Waals surface area contributed by atoms with Crippen molar-refractivity contribution >= 4 is 50.6 Å². The zero-order valence-corrected chi connectivity index (χ0v) is 22.8. The summed E-state index contributed by atoms with van der Waals surface area (Å²) in [6, 6.07) is 13.2. The summed E-state index contributed by atoms with van der Waals surface area (Å²) in [4.78, 5) is 31.0. The molecule has 1 saturated heterocycles. The summed E-state index contributed by atoms with van der Waals surface area (Å²) < 4.78 is 32.0. The fraction of sp³-hybridized carbons (Fsp3) is 0.464. The molecule has 38 heavy (non-hydrogen) atoms. The summed E-state index contributed by atoms with van der Waals surface area (Å²) in [5.74, 6) is -0.386. The van der Waals surface area contributed by atoms with Gasteiger partial charge in [0.25, 0.3) is 6.01 Å². The fourth-order valence-electron chi connectivity index (χ4n) is 5.29. The molecular weight excluding hydrogens is 557 g/mol. The summed E-state index contributed by atoms with van der Waals surface area (Å²) >= 11 is 3.49. The van der Waals surface area contributed by atoms with Gasteiger partial charge in [0, 0.05) is 10.9 Å². The van der Waals surface area contributed by atoms with Crippen molar-refractivity contribution in [2.75, 3.05) is 25.6 Å². The zero-order valence-electron chi connectivity index (χ0n) is 21.2. The van der Waals surface area contributed by atoms with Crippen LogP contribution in [-0.2, 0) is 25.5 Å². The second kappa shape index (κ2) is 11.8. The van der Waals surface area contributed by atoms with E-state index in [0.717, 1.165) is 41.4 Å². The Morgan fingerprint density at radius 1 is 1.18 bits per heavy atom. The minimum atomic E-state index is -1.06. The van der Waals surface area contributed by atoms with Gasteiger partial charge < -0.3 is 24.1 Å². The van der Waals surface area contributed by atoms with Gasteiger partial charge in [0.15, 0.2) is 5.58 Å². The molecule has 1 aromatic heterocycles. The molecule has 2 aliphatic rings. The van der Waals surface area contributed by atoms with Crippen LogP contribution in [0.1, 0.15) is 37.7 Å². The molecule has 202 valence electrons. The number of para-hydroxylation sites is 1. The van der Waals surface area contributed by atoms with Crippen LogP contribution in [0.3, 0.4) is 0 Å². The van der Waals surface area contributed by atoms with Gasteiger partial charge in [0.05, 0.1) is 50.4 Å². The van der Waals surface area contributed by atoms with Crippen LogP contribution in [0.15, 0.2) is 51.4 Å². The molecule has 1 aliphatic carbocycles. The van der Waals surface area contributed by atoms with Gasteiger partial charge in [-0.1, -0.05) is 18.2 Å². The molecule has 3 aromatic rings. The van der Waals surface area contributed by atoms with E-state index in [1.54, 1.807) is 11.0 Å². The topological polar surface area (TPSA) is 93.9 Å². The predicted molar refractivity (Wildman–Crippen MR) is 144 cm³/mol. The van der Waals surface area contributed by atoms with Crippen molar-refractivity contribution in [2.24, 2.45) is 5.92 Å². The summed E-state index contributed by atoms with van der Waals surface area (Å²) in [7, 11) is 1.41. The van der Waals surface area contributed by atoms with Gasteiger partial charge >= 0.3 is 5.97 Å². The first-order valence-corrected chi connectivity index (χ1v) is 13.7. The smallest absolute Gasteiger partial charge is 0.308 e. The average molecular weight is 588 g/mol. The summed E-state index contributed by atoms with van der Waals surface area (Å²) in [5.41, 5.74) is 2.84. The molecule has 2 fully saturated rings. The van der Waals surface area contributed by atoms with E-state index in [1.165, 1.54) is 7.11 Å². The molecule has 0 radical (unpaired) electrons. The van der Waals surface area contributed by atoms with Crippen molar-refractivity contribution in [3.8, 4) is 0 Å². The van der Waals surface area contributed by atoms with Crippen molar-refractivity contribution in [2.45, 2.75) is 56.8 Å². The molecule has 1 saturated carbocycles. The Morgan fingerprint density at radius 2 is 1.97 bits per heavy atom. The number of oxazole rings is 1. The van der Waals surface area contributed by atoms with Crippen molar-refractivity contribution in [3.05, 3.63) is 52.5 Å². The standard InChI is InChI=1S/C28H31BrFN3O5/c1-36-27(35)18-7-9-21(10-8-18)37-16-20-14-19(30)15-33(20)26(34)13-17-6-11-24-25(12-17)38-28(32-24)31-23-5-3-2-4-22(23)29/h2-6,11-12,18-21H,7-10,13-16H2,1H3,(H,31,32)/t18?,19-,20?,21?/m0/s1. The number of anilines is 2. The number of likely N-dealkylation sites (tertiary alicyclic amines) is 1. The molecule has 2 aromatic carbocycles.